The van der Waals surface area contributed by atoms with Gasteiger partial charge in [-0.15, -0.1) is 0 Å². The number of hydrogen-bond donors (Lipinski definition) is 0. The van der Waals surface area contributed by atoms with Crippen molar-refractivity contribution in [3.63, 3.8) is 0 Å². The van der Waals surface area contributed by atoms with Crippen molar-refractivity contribution in [2.45, 2.75) is 0 Å². The zero-order chi connectivity index (χ0) is 12.6. The van der Waals surface area contributed by atoms with Gasteiger partial charge in [-0.1, -0.05) is 15.9 Å². The maximum Gasteiger partial charge on any atom is 0.142 e. The molecule has 17 heavy (non-hydrogen) atoms. The second-order valence-electron chi connectivity index (χ2n) is 3.26. The quantitative estimate of drug-likeness (QED) is 0.682. The van der Waals surface area contributed by atoms with Gasteiger partial charge in [-0.3, -0.25) is 0 Å². The van der Waals surface area contributed by atoms with Gasteiger partial charge in [0.15, 0.2) is 0 Å². The van der Waals surface area contributed by atoms with Crippen molar-refractivity contribution in [2.75, 3.05) is 0 Å². The van der Waals surface area contributed by atoms with Crippen molar-refractivity contribution >= 4 is 15.9 Å². The second-order valence-corrected chi connectivity index (χ2v) is 4.17. The molecule has 0 saturated heterocycles. The molecular formula is C12H4BrF4. The Hall–Kier alpha value is -1.36. The van der Waals surface area contributed by atoms with E-state index in [0.29, 0.717) is 0 Å². The van der Waals surface area contributed by atoms with E-state index in [9.17, 15) is 17.6 Å². The van der Waals surface area contributed by atoms with Crippen LogP contribution in [0.1, 0.15) is 0 Å². The van der Waals surface area contributed by atoms with Crippen LogP contribution in [0.5, 0.6) is 0 Å². The first kappa shape index (κ1) is 12.1. The third-order valence-electron chi connectivity index (χ3n) is 2.15. The lowest BCUT2D eigenvalue weighted by Crippen LogP contribution is -1.96. The lowest BCUT2D eigenvalue weighted by Gasteiger charge is -2.08. The highest BCUT2D eigenvalue weighted by atomic mass is 79.9. The normalized spacial score (nSPS) is 10.6. The number of benzene rings is 2. The fourth-order valence-electron chi connectivity index (χ4n) is 1.46. The largest absolute Gasteiger partial charge is 0.206 e. The van der Waals surface area contributed by atoms with Gasteiger partial charge in [0.1, 0.15) is 23.3 Å². The molecule has 0 fully saturated rings. The second kappa shape index (κ2) is 4.49. The summed E-state index contributed by atoms with van der Waals surface area (Å²) >= 11 is 2.88. The smallest absolute Gasteiger partial charge is 0.142 e. The van der Waals surface area contributed by atoms with Crippen LogP contribution in [0.3, 0.4) is 0 Å². The van der Waals surface area contributed by atoms with Crippen LogP contribution in [-0.4, -0.2) is 0 Å². The SMILES string of the molecule is Fc1[c]ccc(F)c1-c1c(F)cc(Br)cc1F. The van der Waals surface area contributed by atoms with Gasteiger partial charge >= 0.3 is 0 Å². The molecule has 0 atom stereocenters. The molecule has 2 rings (SSSR count). The van der Waals surface area contributed by atoms with Crippen LogP contribution in [-0.2, 0) is 0 Å². The third-order valence-corrected chi connectivity index (χ3v) is 2.61. The van der Waals surface area contributed by atoms with E-state index in [-0.39, 0.29) is 4.47 Å². The number of halogens is 5. The Morgan fingerprint density at radius 3 is 2.00 bits per heavy atom. The van der Waals surface area contributed by atoms with Crippen molar-refractivity contribution in [1.82, 2.24) is 0 Å². The van der Waals surface area contributed by atoms with Crippen LogP contribution in [0.25, 0.3) is 11.1 Å². The first-order valence-electron chi connectivity index (χ1n) is 4.51. The summed E-state index contributed by atoms with van der Waals surface area (Å²) in [5, 5.41) is 0. The van der Waals surface area contributed by atoms with Crippen LogP contribution in [0, 0.1) is 29.3 Å². The van der Waals surface area contributed by atoms with Gasteiger partial charge in [-0.2, -0.15) is 0 Å². The topological polar surface area (TPSA) is 0 Å². The maximum atomic E-state index is 13.5. The first-order valence-corrected chi connectivity index (χ1v) is 5.30. The van der Waals surface area contributed by atoms with E-state index in [1.54, 1.807) is 0 Å². The maximum absolute atomic E-state index is 13.5. The van der Waals surface area contributed by atoms with E-state index in [2.05, 4.69) is 22.0 Å². The molecule has 2 aromatic rings. The van der Waals surface area contributed by atoms with Crippen LogP contribution in [0.4, 0.5) is 17.6 Å². The van der Waals surface area contributed by atoms with Gasteiger partial charge in [0.2, 0.25) is 0 Å². The molecule has 0 aliphatic heterocycles. The van der Waals surface area contributed by atoms with Crippen molar-refractivity contribution in [3.05, 3.63) is 58.1 Å². The summed E-state index contributed by atoms with van der Waals surface area (Å²) in [4.78, 5) is 0. The van der Waals surface area contributed by atoms with Gasteiger partial charge < -0.3 is 0 Å². The molecule has 0 aliphatic rings. The molecule has 0 amide bonds. The van der Waals surface area contributed by atoms with E-state index in [1.165, 1.54) is 0 Å². The van der Waals surface area contributed by atoms with E-state index in [4.69, 9.17) is 0 Å². The van der Waals surface area contributed by atoms with E-state index < -0.39 is 34.4 Å². The zero-order valence-electron chi connectivity index (χ0n) is 8.20. The molecule has 0 unspecified atom stereocenters. The molecule has 0 aliphatic carbocycles. The first-order chi connectivity index (χ1) is 8.00. The fraction of sp³-hybridized carbons (Fsp3) is 0. The summed E-state index contributed by atoms with van der Waals surface area (Å²) in [5.41, 5.74) is -1.49. The van der Waals surface area contributed by atoms with Crippen molar-refractivity contribution in [1.29, 1.82) is 0 Å². The minimum Gasteiger partial charge on any atom is -0.206 e. The summed E-state index contributed by atoms with van der Waals surface area (Å²) in [6, 6.07) is 5.82. The van der Waals surface area contributed by atoms with Crippen LogP contribution < -0.4 is 0 Å². The Kier molecular flexibility index (Phi) is 3.19. The van der Waals surface area contributed by atoms with Crippen molar-refractivity contribution in [3.8, 4) is 11.1 Å². The summed E-state index contributed by atoms with van der Waals surface area (Å²) in [7, 11) is 0. The van der Waals surface area contributed by atoms with E-state index in [1.807, 2.05) is 0 Å². The highest BCUT2D eigenvalue weighted by Crippen LogP contribution is 2.32. The van der Waals surface area contributed by atoms with Gasteiger partial charge in [0, 0.05) is 10.5 Å². The summed E-state index contributed by atoms with van der Waals surface area (Å²) < 4.78 is 54.0. The molecule has 2 aromatic carbocycles. The van der Waals surface area contributed by atoms with Crippen LogP contribution >= 0.6 is 15.9 Å². The summed E-state index contributed by atoms with van der Waals surface area (Å²) in [6.45, 7) is 0. The molecule has 0 heterocycles. The number of rotatable bonds is 1. The molecule has 0 spiro atoms. The lowest BCUT2D eigenvalue weighted by molar-refractivity contribution is 0.562. The van der Waals surface area contributed by atoms with Gasteiger partial charge in [0.05, 0.1) is 11.1 Å². The van der Waals surface area contributed by atoms with Crippen LogP contribution in [0.15, 0.2) is 28.7 Å². The molecular weight excluding hydrogens is 300 g/mol. The highest BCUT2D eigenvalue weighted by Gasteiger charge is 2.19. The Morgan fingerprint density at radius 1 is 0.882 bits per heavy atom. The third kappa shape index (κ3) is 2.20. The molecule has 0 bridgehead atoms. The predicted molar refractivity (Wildman–Crippen MR) is 58.2 cm³/mol. The Bertz CT molecular complexity index is 537. The summed E-state index contributed by atoms with van der Waals surface area (Å²) in [5.74, 6) is -4.27. The fourth-order valence-corrected chi connectivity index (χ4v) is 1.86. The van der Waals surface area contributed by atoms with Gasteiger partial charge in [-0.05, 0) is 24.3 Å². The van der Waals surface area contributed by atoms with Crippen molar-refractivity contribution < 1.29 is 17.6 Å². The highest BCUT2D eigenvalue weighted by molar-refractivity contribution is 9.10. The minimum absolute atomic E-state index is 0.150. The number of hydrogen-bond acceptors (Lipinski definition) is 0. The standard InChI is InChI=1S/C12H4BrF4/c13-6-4-9(16)12(10(17)5-6)11-7(14)2-1-3-8(11)15/h1-2,4-5H. The minimum atomic E-state index is -1.13. The molecule has 0 nitrogen and oxygen atoms in total. The van der Waals surface area contributed by atoms with Crippen molar-refractivity contribution in [2.24, 2.45) is 0 Å². The molecule has 5 heteroatoms. The Morgan fingerprint density at radius 2 is 1.47 bits per heavy atom. The Balaban J connectivity index is 2.77. The monoisotopic (exact) mass is 303 g/mol. The van der Waals surface area contributed by atoms with E-state index >= 15 is 0 Å². The molecule has 87 valence electrons. The summed E-state index contributed by atoms with van der Waals surface area (Å²) in [6.07, 6.45) is 0. The molecule has 0 N–H and O–H groups in total. The molecule has 0 saturated carbocycles. The lowest BCUT2D eigenvalue weighted by atomic mass is 10.0. The average molecular weight is 304 g/mol. The Labute approximate surface area is 103 Å². The van der Waals surface area contributed by atoms with Gasteiger partial charge in [0.25, 0.3) is 0 Å². The molecule has 1 radical (unpaired) electrons. The molecule has 0 aromatic heterocycles. The average Bonchev–Trinajstić information content (AvgIpc) is 2.21. The van der Waals surface area contributed by atoms with E-state index in [0.717, 1.165) is 24.3 Å². The predicted octanol–water partition coefficient (Wildman–Crippen LogP) is 4.47. The van der Waals surface area contributed by atoms with Gasteiger partial charge in [-0.25, -0.2) is 17.6 Å². The zero-order valence-corrected chi connectivity index (χ0v) is 9.79. The van der Waals surface area contributed by atoms with Crippen LogP contribution in [0.2, 0.25) is 0 Å².